The SMILES string of the molecule is CON1CC/C(=C/c2cc(C(C)(C)C)c(O)c(C(C)(C)CO)c2)C1=O. The van der Waals surface area contributed by atoms with Gasteiger partial charge in [0.05, 0.1) is 20.3 Å². The van der Waals surface area contributed by atoms with Gasteiger partial charge in [-0.05, 0) is 35.6 Å². The minimum absolute atomic E-state index is 0.0828. The van der Waals surface area contributed by atoms with Gasteiger partial charge in [0.2, 0.25) is 0 Å². The fourth-order valence-corrected chi connectivity index (χ4v) is 3.01. The number of benzene rings is 1. The highest BCUT2D eigenvalue weighted by atomic mass is 16.7. The van der Waals surface area contributed by atoms with Gasteiger partial charge < -0.3 is 10.2 Å². The molecular formula is C20H29NO4. The standard InChI is InChI=1S/C20H29NO4/c1-19(2,3)15-10-13(9-14-7-8-21(25-6)18(14)24)11-16(17(15)23)20(4,5)12-22/h9-11,22-23H,7-8,12H2,1-6H3/b14-9-. The Morgan fingerprint density at radius 2 is 1.80 bits per heavy atom. The highest BCUT2D eigenvalue weighted by Crippen LogP contribution is 2.40. The normalized spacial score (nSPS) is 17.6. The molecule has 2 rings (SSSR count). The van der Waals surface area contributed by atoms with Gasteiger partial charge in [-0.15, -0.1) is 0 Å². The van der Waals surface area contributed by atoms with Gasteiger partial charge in [0.1, 0.15) is 5.75 Å². The van der Waals surface area contributed by atoms with Crippen molar-refractivity contribution < 1.29 is 19.8 Å². The number of rotatable bonds is 4. The van der Waals surface area contributed by atoms with Gasteiger partial charge in [-0.2, -0.15) is 0 Å². The van der Waals surface area contributed by atoms with Crippen LogP contribution in [0.5, 0.6) is 5.75 Å². The molecule has 138 valence electrons. The number of carbonyl (C=O) groups is 1. The molecule has 25 heavy (non-hydrogen) atoms. The lowest BCUT2D eigenvalue weighted by Crippen LogP contribution is -2.24. The van der Waals surface area contributed by atoms with E-state index in [1.54, 1.807) is 0 Å². The molecule has 2 N–H and O–H groups in total. The molecule has 1 aromatic carbocycles. The number of carbonyl (C=O) groups excluding carboxylic acids is 1. The molecule has 0 saturated carbocycles. The average Bonchev–Trinajstić information content (AvgIpc) is 2.87. The summed E-state index contributed by atoms with van der Waals surface area (Å²) in [6, 6.07) is 3.78. The van der Waals surface area contributed by atoms with Crippen molar-refractivity contribution >= 4 is 12.0 Å². The summed E-state index contributed by atoms with van der Waals surface area (Å²) in [6.45, 7) is 10.3. The summed E-state index contributed by atoms with van der Waals surface area (Å²) in [4.78, 5) is 17.3. The van der Waals surface area contributed by atoms with Gasteiger partial charge in [-0.1, -0.05) is 34.6 Å². The fraction of sp³-hybridized carbons (Fsp3) is 0.550. The zero-order chi connectivity index (χ0) is 19.0. The number of hydroxylamine groups is 2. The van der Waals surface area contributed by atoms with Gasteiger partial charge in [0, 0.05) is 22.1 Å². The quantitative estimate of drug-likeness (QED) is 0.821. The minimum atomic E-state index is -0.586. The molecule has 1 heterocycles. The maximum Gasteiger partial charge on any atom is 0.273 e. The minimum Gasteiger partial charge on any atom is -0.507 e. The van der Waals surface area contributed by atoms with E-state index in [0.717, 1.165) is 11.1 Å². The predicted octanol–water partition coefficient (Wildman–Crippen LogP) is 3.14. The Morgan fingerprint density at radius 1 is 1.20 bits per heavy atom. The Labute approximate surface area is 149 Å². The van der Waals surface area contributed by atoms with Crippen molar-refractivity contribution in [3.05, 3.63) is 34.4 Å². The third-order valence-electron chi connectivity index (χ3n) is 4.71. The summed E-state index contributed by atoms with van der Waals surface area (Å²) >= 11 is 0. The predicted molar refractivity (Wildman–Crippen MR) is 98.2 cm³/mol. The monoisotopic (exact) mass is 347 g/mol. The second kappa shape index (κ2) is 6.81. The van der Waals surface area contributed by atoms with Crippen LogP contribution in [0.3, 0.4) is 0 Å². The Hall–Kier alpha value is -1.85. The molecule has 0 atom stereocenters. The molecule has 1 fully saturated rings. The second-order valence-electron chi connectivity index (χ2n) is 8.27. The maximum atomic E-state index is 12.3. The van der Waals surface area contributed by atoms with E-state index >= 15 is 0 Å². The zero-order valence-electron chi connectivity index (χ0n) is 16.0. The first kappa shape index (κ1) is 19.5. The van der Waals surface area contributed by atoms with Crippen molar-refractivity contribution in [2.24, 2.45) is 0 Å². The Balaban J connectivity index is 2.60. The van der Waals surface area contributed by atoms with Gasteiger partial charge in [-0.3, -0.25) is 9.63 Å². The molecule has 0 spiro atoms. The fourth-order valence-electron chi connectivity index (χ4n) is 3.01. The lowest BCUT2D eigenvalue weighted by Gasteiger charge is -2.29. The van der Waals surface area contributed by atoms with Crippen molar-refractivity contribution in [1.82, 2.24) is 5.06 Å². The molecule has 0 bridgehead atoms. The van der Waals surface area contributed by atoms with E-state index in [2.05, 4.69) is 0 Å². The van der Waals surface area contributed by atoms with Crippen molar-refractivity contribution in [2.45, 2.75) is 51.9 Å². The molecule has 1 aliphatic heterocycles. The van der Waals surface area contributed by atoms with Crippen molar-refractivity contribution in [1.29, 1.82) is 0 Å². The number of aliphatic hydroxyl groups is 1. The second-order valence-corrected chi connectivity index (χ2v) is 8.27. The Kier molecular flexibility index (Phi) is 5.30. The summed E-state index contributed by atoms with van der Waals surface area (Å²) in [7, 11) is 1.49. The van der Waals surface area contributed by atoms with E-state index in [0.29, 0.717) is 24.1 Å². The van der Waals surface area contributed by atoms with Crippen LogP contribution in [0.15, 0.2) is 17.7 Å². The topological polar surface area (TPSA) is 70.0 Å². The van der Waals surface area contributed by atoms with Gasteiger partial charge in [-0.25, -0.2) is 5.06 Å². The molecule has 0 aliphatic carbocycles. The van der Waals surface area contributed by atoms with Crippen LogP contribution in [0.25, 0.3) is 6.08 Å². The van der Waals surface area contributed by atoms with Crippen LogP contribution in [-0.4, -0.2) is 41.4 Å². The number of nitrogens with zero attached hydrogens (tertiary/aromatic N) is 1. The molecule has 1 saturated heterocycles. The third-order valence-corrected chi connectivity index (χ3v) is 4.71. The number of aromatic hydroxyl groups is 1. The van der Waals surface area contributed by atoms with Crippen LogP contribution in [-0.2, 0) is 20.5 Å². The smallest absolute Gasteiger partial charge is 0.273 e. The van der Waals surface area contributed by atoms with E-state index in [1.807, 2.05) is 52.8 Å². The Morgan fingerprint density at radius 3 is 2.28 bits per heavy atom. The molecular weight excluding hydrogens is 318 g/mol. The van der Waals surface area contributed by atoms with Crippen molar-refractivity contribution in [3.8, 4) is 5.75 Å². The number of phenols is 1. The third kappa shape index (κ3) is 3.88. The lowest BCUT2D eigenvalue weighted by atomic mass is 9.77. The van der Waals surface area contributed by atoms with E-state index in [-0.39, 0.29) is 23.7 Å². The molecule has 0 radical (unpaired) electrons. The van der Waals surface area contributed by atoms with E-state index < -0.39 is 5.41 Å². The number of phenolic OH excluding ortho intramolecular Hbond substituents is 1. The number of hydrogen-bond donors (Lipinski definition) is 2. The van der Waals surface area contributed by atoms with Crippen molar-refractivity contribution in [2.75, 3.05) is 20.3 Å². The summed E-state index contributed by atoms with van der Waals surface area (Å²) in [6.07, 6.45) is 2.48. The first-order chi connectivity index (χ1) is 11.5. The van der Waals surface area contributed by atoms with Crippen LogP contribution in [0, 0.1) is 0 Å². The first-order valence-corrected chi connectivity index (χ1v) is 8.56. The lowest BCUT2D eigenvalue weighted by molar-refractivity contribution is -0.164. The maximum absolute atomic E-state index is 12.3. The molecule has 5 nitrogen and oxygen atoms in total. The van der Waals surface area contributed by atoms with E-state index in [1.165, 1.54) is 12.2 Å². The molecule has 0 unspecified atom stereocenters. The molecule has 5 heteroatoms. The van der Waals surface area contributed by atoms with Crippen LogP contribution in [0.4, 0.5) is 0 Å². The summed E-state index contributed by atoms with van der Waals surface area (Å²) in [5.74, 6) is 0.0841. The number of hydrogen-bond acceptors (Lipinski definition) is 4. The largest absolute Gasteiger partial charge is 0.507 e. The molecule has 1 aliphatic rings. The van der Waals surface area contributed by atoms with Crippen LogP contribution in [0.2, 0.25) is 0 Å². The van der Waals surface area contributed by atoms with E-state index in [4.69, 9.17) is 4.84 Å². The first-order valence-electron chi connectivity index (χ1n) is 8.56. The van der Waals surface area contributed by atoms with Crippen LogP contribution < -0.4 is 0 Å². The average molecular weight is 347 g/mol. The highest BCUT2D eigenvalue weighted by molar-refractivity contribution is 5.99. The summed E-state index contributed by atoms with van der Waals surface area (Å²) in [5.41, 5.74) is 2.16. The summed E-state index contributed by atoms with van der Waals surface area (Å²) < 4.78 is 0. The number of aliphatic hydroxyl groups excluding tert-OH is 1. The zero-order valence-corrected chi connectivity index (χ0v) is 16.0. The molecule has 0 aromatic heterocycles. The Bertz CT molecular complexity index is 698. The highest BCUT2D eigenvalue weighted by Gasteiger charge is 2.30. The summed E-state index contributed by atoms with van der Waals surface area (Å²) in [5, 5.41) is 21.9. The molecule has 1 amide bonds. The van der Waals surface area contributed by atoms with Gasteiger partial charge >= 0.3 is 0 Å². The van der Waals surface area contributed by atoms with Gasteiger partial charge in [0.15, 0.2) is 0 Å². The van der Waals surface area contributed by atoms with Crippen LogP contribution >= 0.6 is 0 Å². The molecule has 1 aromatic rings. The van der Waals surface area contributed by atoms with Gasteiger partial charge in [0.25, 0.3) is 5.91 Å². The van der Waals surface area contributed by atoms with Crippen molar-refractivity contribution in [3.63, 3.8) is 0 Å². The van der Waals surface area contributed by atoms with Crippen LogP contribution in [0.1, 0.15) is 57.7 Å². The number of amides is 1. The van der Waals surface area contributed by atoms with E-state index in [9.17, 15) is 15.0 Å².